The fraction of sp³-hybridized carbons (Fsp3) is 0.304. The van der Waals surface area contributed by atoms with Crippen LogP contribution in [0, 0.1) is 0 Å². The van der Waals surface area contributed by atoms with E-state index in [-0.39, 0.29) is 5.91 Å². The van der Waals surface area contributed by atoms with Gasteiger partial charge in [-0.15, -0.1) is 0 Å². The van der Waals surface area contributed by atoms with Gasteiger partial charge in [0.2, 0.25) is 0 Å². The summed E-state index contributed by atoms with van der Waals surface area (Å²) < 4.78 is 16.9. The lowest BCUT2D eigenvalue weighted by Gasteiger charge is -2.27. The maximum absolute atomic E-state index is 13.5. The Kier molecular flexibility index (Phi) is 5.53. The zero-order valence-corrected chi connectivity index (χ0v) is 17.7. The van der Waals surface area contributed by atoms with Gasteiger partial charge in [-0.25, -0.2) is 4.98 Å². The maximum Gasteiger partial charge on any atom is 0.257 e. The third kappa shape index (κ3) is 4.11. The van der Waals surface area contributed by atoms with Crippen LogP contribution in [0.25, 0.3) is 22.7 Å². The first kappa shape index (κ1) is 19.9. The highest BCUT2D eigenvalue weighted by atomic mass is 35.5. The van der Waals surface area contributed by atoms with Gasteiger partial charge in [-0.1, -0.05) is 23.7 Å². The lowest BCUT2D eigenvalue weighted by atomic mass is 10.1. The van der Waals surface area contributed by atoms with Gasteiger partial charge in [0, 0.05) is 19.5 Å². The van der Waals surface area contributed by atoms with Crippen molar-refractivity contribution < 1.29 is 19.0 Å². The second-order valence-corrected chi connectivity index (χ2v) is 7.85. The van der Waals surface area contributed by atoms with Crippen molar-refractivity contribution in [2.75, 3.05) is 39.5 Å². The number of morpholine rings is 1. The summed E-state index contributed by atoms with van der Waals surface area (Å²) in [4.78, 5) is 23.2. The molecule has 1 fully saturated rings. The largest absolute Gasteiger partial charge is 0.489 e. The van der Waals surface area contributed by atoms with Crippen molar-refractivity contribution in [3.63, 3.8) is 0 Å². The first-order valence-corrected chi connectivity index (χ1v) is 10.7. The second kappa shape index (κ2) is 8.61. The molecule has 0 aliphatic carbocycles. The predicted molar refractivity (Wildman–Crippen MR) is 118 cm³/mol. The van der Waals surface area contributed by atoms with Crippen LogP contribution in [0.1, 0.15) is 17.8 Å². The first-order chi connectivity index (χ1) is 15.2. The number of aromatic nitrogens is 2. The summed E-state index contributed by atoms with van der Waals surface area (Å²) in [6.45, 7) is 3.24. The topological polar surface area (TPSA) is 76.7 Å². The molecule has 160 valence electrons. The summed E-state index contributed by atoms with van der Waals surface area (Å²) in [5.74, 6) is 1.53. The van der Waals surface area contributed by atoms with Crippen LogP contribution in [0.3, 0.4) is 0 Å². The second-order valence-electron chi connectivity index (χ2n) is 7.45. The van der Waals surface area contributed by atoms with Crippen molar-refractivity contribution in [3.8, 4) is 11.5 Å². The Morgan fingerprint density at radius 3 is 2.74 bits per heavy atom. The Morgan fingerprint density at radius 2 is 1.90 bits per heavy atom. The number of rotatable bonds is 3. The Balaban J connectivity index is 1.59. The molecule has 2 aliphatic heterocycles. The number of ether oxygens (including phenoxy) is 3. The Labute approximate surface area is 184 Å². The number of H-pyrrole nitrogens is 1. The smallest absolute Gasteiger partial charge is 0.257 e. The SMILES string of the molecule is O=C(C(=Cc1cc(Cl)c2c(c1)OCCCO2)c1nc2ccccc2[nH]1)N1CCOCC1. The van der Waals surface area contributed by atoms with Gasteiger partial charge in [-0.2, -0.15) is 0 Å². The molecule has 3 aromatic rings. The van der Waals surface area contributed by atoms with Gasteiger partial charge in [-0.3, -0.25) is 4.79 Å². The number of carbonyl (C=O) groups excluding carboxylic acids is 1. The van der Waals surface area contributed by atoms with E-state index in [0.29, 0.717) is 67.4 Å². The molecule has 1 saturated heterocycles. The van der Waals surface area contributed by atoms with Gasteiger partial charge in [0.15, 0.2) is 11.5 Å². The molecule has 0 saturated carbocycles. The van der Waals surface area contributed by atoms with Crippen LogP contribution in [0.2, 0.25) is 5.02 Å². The summed E-state index contributed by atoms with van der Waals surface area (Å²) in [5, 5.41) is 0.452. The maximum atomic E-state index is 13.5. The highest BCUT2D eigenvalue weighted by molar-refractivity contribution is 6.32. The van der Waals surface area contributed by atoms with Crippen LogP contribution >= 0.6 is 11.6 Å². The van der Waals surface area contributed by atoms with E-state index in [9.17, 15) is 4.79 Å². The molecule has 3 heterocycles. The zero-order valence-electron chi connectivity index (χ0n) is 16.9. The first-order valence-electron chi connectivity index (χ1n) is 10.3. The van der Waals surface area contributed by atoms with Gasteiger partial charge >= 0.3 is 0 Å². The number of hydrogen-bond donors (Lipinski definition) is 1. The van der Waals surface area contributed by atoms with Crippen molar-refractivity contribution in [2.45, 2.75) is 6.42 Å². The van der Waals surface area contributed by atoms with Gasteiger partial charge in [0.25, 0.3) is 5.91 Å². The molecule has 1 aromatic heterocycles. The molecule has 8 heteroatoms. The summed E-state index contributed by atoms with van der Waals surface area (Å²) in [6, 6.07) is 11.3. The van der Waals surface area contributed by atoms with Crippen molar-refractivity contribution in [3.05, 3.63) is 52.8 Å². The number of para-hydroxylation sites is 2. The normalized spacial score (nSPS) is 16.9. The highest BCUT2D eigenvalue weighted by Crippen LogP contribution is 2.39. The lowest BCUT2D eigenvalue weighted by molar-refractivity contribution is -0.128. The molecule has 1 amide bonds. The number of nitrogens with one attached hydrogen (secondary N) is 1. The summed E-state index contributed by atoms with van der Waals surface area (Å²) in [7, 11) is 0. The quantitative estimate of drug-likeness (QED) is 0.628. The predicted octanol–water partition coefficient (Wildman–Crippen LogP) is 3.78. The van der Waals surface area contributed by atoms with E-state index in [1.54, 1.807) is 17.0 Å². The number of imidazole rings is 1. The monoisotopic (exact) mass is 439 g/mol. The number of aromatic amines is 1. The van der Waals surface area contributed by atoms with Gasteiger partial charge in [0.1, 0.15) is 5.82 Å². The van der Waals surface area contributed by atoms with Crippen LogP contribution in [-0.2, 0) is 9.53 Å². The molecule has 2 aliphatic rings. The van der Waals surface area contributed by atoms with E-state index in [1.165, 1.54) is 0 Å². The minimum absolute atomic E-state index is 0.106. The molecule has 0 unspecified atom stereocenters. The zero-order chi connectivity index (χ0) is 21.2. The fourth-order valence-electron chi connectivity index (χ4n) is 3.75. The van der Waals surface area contributed by atoms with Crippen molar-refractivity contribution in [1.82, 2.24) is 14.9 Å². The minimum Gasteiger partial charge on any atom is -0.489 e. The van der Waals surface area contributed by atoms with E-state index in [1.807, 2.05) is 30.3 Å². The number of fused-ring (bicyclic) bond motifs is 2. The molecular formula is C23H22ClN3O4. The highest BCUT2D eigenvalue weighted by Gasteiger charge is 2.25. The number of carbonyl (C=O) groups is 1. The number of amides is 1. The van der Waals surface area contributed by atoms with Crippen molar-refractivity contribution >= 4 is 40.2 Å². The Bertz CT molecular complexity index is 1120. The van der Waals surface area contributed by atoms with E-state index in [4.69, 9.17) is 25.8 Å². The van der Waals surface area contributed by atoms with E-state index >= 15 is 0 Å². The van der Waals surface area contributed by atoms with Crippen LogP contribution < -0.4 is 9.47 Å². The molecule has 1 N–H and O–H groups in total. The van der Waals surface area contributed by atoms with E-state index in [0.717, 1.165) is 23.0 Å². The molecule has 7 nitrogen and oxygen atoms in total. The number of hydrogen-bond acceptors (Lipinski definition) is 5. The third-order valence-corrected chi connectivity index (χ3v) is 5.59. The van der Waals surface area contributed by atoms with Crippen molar-refractivity contribution in [2.24, 2.45) is 0 Å². The standard InChI is InChI=1S/C23H22ClN3O4/c24-17-13-15(14-20-21(17)31-9-3-8-30-20)12-16(23(28)27-6-10-29-11-7-27)22-25-18-4-1-2-5-19(18)26-22/h1-2,4-5,12-14H,3,6-11H2,(H,25,26). The van der Waals surface area contributed by atoms with Gasteiger partial charge < -0.3 is 24.1 Å². The molecule has 0 bridgehead atoms. The van der Waals surface area contributed by atoms with Crippen LogP contribution in [0.4, 0.5) is 0 Å². The van der Waals surface area contributed by atoms with Crippen molar-refractivity contribution in [1.29, 1.82) is 0 Å². The van der Waals surface area contributed by atoms with Gasteiger partial charge in [0.05, 0.1) is 48.1 Å². The minimum atomic E-state index is -0.106. The third-order valence-electron chi connectivity index (χ3n) is 5.31. The number of nitrogens with zero attached hydrogens (tertiary/aromatic N) is 2. The molecule has 31 heavy (non-hydrogen) atoms. The molecule has 0 spiro atoms. The van der Waals surface area contributed by atoms with Crippen LogP contribution in [0.5, 0.6) is 11.5 Å². The van der Waals surface area contributed by atoms with E-state index in [2.05, 4.69) is 9.97 Å². The summed E-state index contributed by atoms with van der Waals surface area (Å²) in [6.07, 6.45) is 2.59. The average Bonchev–Trinajstić information content (AvgIpc) is 3.08. The molecular weight excluding hydrogens is 418 g/mol. The fourth-order valence-corrected chi connectivity index (χ4v) is 4.02. The average molecular weight is 440 g/mol. The number of benzene rings is 2. The Morgan fingerprint density at radius 1 is 1.10 bits per heavy atom. The molecule has 2 aromatic carbocycles. The Hall–Kier alpha value is -3.03. The molecule has 0 atom stereocenters. The lowest BCUT2D eigenvalue weighted by Crippen LogP contribution is -2.41. The van der Waals surface area contributed by atoms with E-state index < -0.39 is 0 Å². The summed E-state index contributed by atoms with van der Waals surface area (Å²) >= 11 is 6.47. The van der Waals surface area contributed by atoms with Crippen LogP contribution in [-0.4, -0.2) is 60.3 Å². The molecule has 0 radical (unpaired) electrons. The number of halogens is 1. The van der Waals surface area contributed by atoms with Gasteiger partial charge in [-0.05, 0) is 35.9 Å². The van der Waals surface area contributed by atoms with Crippen LogP contribution in [0.15, 0.2) is 36.4 Å². The molecule has 5 rings (SSSR count). The summed E-state index contributed by atoms with van der Waals surface area (Å²) in [5.41, 5.74) is 2.87.